The molecule has 19 heavy (non-hydrogen) atoms. The summed E-state index contributed by atoms with van der Waals surface area (Å²) in [6.07, 6.45) is 11.3. The molecule has 0 fully saturated rings. The molecule has 1 aromatic rings. The Balaban J connectivity index is 1.73. The van der Waals surface area contributed by atoms with Crippen LogP contribution >= 0.6 is 0 Å². The van der Waals surface area contributed by atoms with Crippen molar-refractivity contribution < 1.29 is 4.79 Å². The Morgan fingerprint density at radius 1 is 1.53 bits per heavy atom. The second-order valence-electron chi connectivity index (χ2n) is 5.01. The molecule has 4 nitrogen and oxygen atoms in total. The highest BCUT2D eigenvalue weighted by atomic mass is 16.2. The average Bonchev–Trinajstić information content (AvgIpc) is 2.47. The van der Waals surface area contributed by atoms with Crippen molar-refractivity contribution in [3.63, 3.8) is 0 Å². The third-order valence-corrected chi connectivity index (χ3v) is 3.46. The first-order valence-corrected chi connectivity index (χ1v) is 6.85. The number of aromatic nitrogens is 1. The molecule has 1 aromatic heterocycles. The summed E-state index contributed by atoms with van der Waals surface area (Å²) in [6.45, 7) is 2.70. The van der Waals surface area contributed by atoms with Crippen LogP contribution in [-0.4, -0.2) is 17.6 Å². The molecule has 0 aromatic carbocycles. The Labute approximate surface area is 114 Å². The fraction of sp³-hybridized carbons (Fsp3) is 0.467. The van der Waals surface area contributed by atoms with E-state index < -0.39 is 0 Å². The van der Waals surface area contributed by atoms with Gasteiger partial charge in [0, 0.05) is 18.9 Å². The molecule has 0 bridgehead atoms. The van der Waals surface area contributed by atoms with Gasteiger partial charge in [-0.15, -0.1) is 0 Å². The molecule has 0 saturated carbocycles. The van der Waals surface area contributed by atoms with Gasteiger partial charge in [-0.2, -0.15) is 0 Å². The molecule has 2 N–H and O–H groups in total. The third-order valence-electron chi connectivity index (χ3n) is 3.46. The Hall–Kier alpha value is -1.84. The summed E-state index contributed by atoms with van der Waals surface area (Å²) in [4.78, 5) is 15.9. The van der Waals surface area contributed by atoms with Crippen molar-refractivity contribution in [1.82, 2.24) is 15.6 Å². The quantitative estimate of drug-likeness (QED) is 0.817. The minimum absolute atomic E-state index is 0.0278. The molecule has 1 aliphatic rings. The zero-order valence-corrected chi connectivity index (χ0v) is 11.3. The zero-order chi connectivity index (χ0) is 13.5. The van der Waals surface area contributed by atoms with Crippen molar-refractivity contribution in [2.24, 2.45) is 5.92 Å². The van der Waals surface area contributed by atoms with Crippen LogP contribution in [0, 0.1) is 5.92 Å². The summed E-state index contributed by atoms with van der Waals surface area (Å²) in [6, 6.07) is 3.70. The van der Waals surface area contributed by atoms with Crippen molar-refractivity contribution in [2.45, 2.75) is 32.2 Å². The highest BCUT2D eigenvalue weighted by Gasteiger charge is 2.13. The van der Waals surface area contributed by atoms with Crippen molar-refractivity contribution >= 4 is 6.03 Å². The predicted octanol–water partition coefficient (Wildman–Crippen LogP) is 2.80. The van der Waals surface area contributed by atoms with Crippen LogP contribution in [0.2, 0.25) is 0 Å². The van der Waals surface area contributed by atoms with E-state index in [4.69, 9.17) is 0 Å². The van der Waals surface area contributed by atoms with Crippen LogP contribution in [0.1, 0.15) is 37.8 Å². The fourth-order valence-corrected chi connectivity index (χ4v) is 2.24. The highest BCUT2D eigenvalue weighted by Crippen LogP contribution is 2.17. The molecule has 4 heteroatoms. The van der Waals surface area contributed by atoms with E-state index in [1.165, 1.54) is 0 Å². The summed E-state index contributed by atoms with van der Waals surface area (Å²) < 4.78 is 0. The zero-order valence-electron chi connectivity index (χ0n) is 11.3. The van der Waals surface area contributed by atoms with Crippen LogP contribution in [-0.2, 0) is 0 Å². The third kappa shape index (κ3) is 4.39. The molecule has 0 saturated heterocycles. The van der Waals surface area contributed by atoms with Gasteiger partial charge in [-0.1, -0.05) is 18.2 Å². The van der Waals surface area contributed by atoms with E-state index in [-0.39, 0.29) is 12.1 Å². The predicted molar refractivity (Wildman–Crippen MR) is 75.7 cm³/mol. The second kappa shape index (κ2) is 6.92. The van der Waals surface area contributed by atoms with Crippen LogP contribution in [0.4, 0.5) is 4.79 Å². The minimum atomic E-state index is -0.106. The molecule has 0 radical (unpaired) electrons. The molecular weight excluding hydrogens is 238 g/mol. The molecule has 102 valence electrons. The van der Waals surface area contributed by atoms with Gasteiger partial charge in [-0.3, -0.25) is 4.98 Å². The lowest BCUT2D eigenvalue weighted by Gasteiger charge is -2.20. The lowest BCUT2D eigenvalue weighted by atomic mass is 9.94. The summed E-state index contributed by atoms with van der Waals surface area (Å²) >= 11 is 0. The Kier molecular flexibility index (Phi) is 4.95. The summed E-state index contributed by atoms with van der Waals surface area (Å²) in [5.41, 5.74) is 1.01. The van der Waals surface area contributed by atoms with Gasteiger partial charge in [0.1, 0.15) is 0 Å². The minimum Gasteiger partial charge on any atom is -0.338 e. The summed E-state index contributed by atoms with van der Waals surface area (Å²) in [5.74, 6) is 0.574. The van der Waals surface area contributed by atoms with Gasteiger partial charge in [0.05, 0.1) is 6.04 Å². The van der Waals surface area contributed by atoms with Gasteiger partial charge in [-0.05, 0) is 43.7 Å². The second-order valence-corrected chi connectivity index (χ2v) is 5.01. The highest BCUT2D eigenvalue weighted by molar-refractivity contribution is 5.74. The maximum Gasteiger partial charge on any atom is 0.315 e. The van der Waals surface area contributed by atoms with Crippen molar-refractivity contribution in [1.29, 1.82) is 0 Å². The first-order chi connectivity index (χ1) is 9.25. The molecule has 2 rings (SSSR count). The van der Waals surface area contributed by atoms with E-state index in [1.54, 1.807) is 12.4 Å². The molecule has 2 amide bonds. The number of carbonyl (C=O) groups is 1. The van der Waals surface area contributed by atoms with E-state index in [2.05, 4.69) is 27.8 Å². The first kappa shape index (κ1) is 13.6. The van der Waals surface area contributed by atoms with Gasteiger partial charge < -0.3 is 10.6 Å². The largest absolute Gasteiger partial charge is 0.338 e. The number of nitrogens with zero attached hydrogens (tertiary/aromatic N) is 1. The Bertz CT molecular complexity index is 430. The lowest BCUT2D eigenvalue weighted by molar-refractivity contribution is 0.235. The smallest absolute Gasteiger partial charge is 0.315 e. The van der Waals surface area contributed by atoms with E-state index in [1.807, 2.05) is 19.1 Å². The van der Waals surface area contributed by atoms with Crippen LogP contribution in [0.15, 0.2) is 36.7 Å². The molecular formula is C15H21N3O. The number of rotatable bonds is 4. The molecule has 0 aliphatic heterocycles. The van der Waals surface area contributed by atoms with E-state index in [9.17, 15) is 4.79 Å². The topological polar surface area (TPSA) is 54.0 Å². The van der Waals surface area contributed by atoms with Crippen LogP contribution in [0.5, 0.6) is 0 Å². The van der Waals surface area contributed by atoms with E-state index >= 15 is 0 Å². The van der Waals surface area contributed by atoms with E-state index in [0.29, 0.717) is 5.92 Å². The molecule has 2 unspecified atom stereocenters. The van der Waals surface area contributed by atoms with Crippen molar-refractivity contribution in [3.8, 4) is 0 Å². The first-order valence-electron chi connectivity index (χ1n) is 6.85. The summed E-state index contributed by atoms with van der Waals surface area (Å²) in [7, 11) is 0. The number of carbonyl (C=O) groups excluding carboxylic acids is 1. The van der Waals surface area contributed by atoms with Gasteiger partial charge >= 0.3 is 6.03 Å². The van der Waals surface area contributed by atoms with Crippen molar-refractivity contribution in [2.75, 3.05) is 6.54 Å². The van der Waals surface area contributed by atoms with Crippen LogP contribution in [0.25, 0.3) is 0 Å². The SMILES string of the molecule is CC(NC(=O)NCC1CC=CCC1)c1cccnc1. The number of allylic oxidation sites excluding steroid dienone is 2. The number of pyridine rings is 1. The maximum absolute atomic E-state index is 11.8. The fourth-order valence-electron chi connectivity index (χ4n) is 2.24. The van der Waals surface area contributed by atoms with Gasteiger partial charge in [0.25, 0.3) is 0 Å². The average molecular weight is 259 g/mol. The van der Waals surface area contributed by atoms with Crippen LogP contribution in [0.3, 0.4) is 0 Å². The standard InChI is InChI=1S/C15H21N3O/c1-12(14-8-5-9-16-11-14)18-15(19)17-10-13-6-3-2-4-7-13/h2-3,5,8-9,11-13H,4,6-7,10H2,1H3,(H2,17,18,19). The van der Waals surface area contributed by atoms with Gasteiger partial charge in [-0.25, -0.2) is 4.79 Å². The van der Waals surface area contributed by atoms with E-state index in [0.717, 1.165) is 31.4 Å². The monoisotopic (exact) mass is 259 g/mol. The molecule has 1 aliphatic carbocycles. The molecule has 0 spiro atoms. The maximum atomic E-state index is 11.8. The number of amides is 2. The Morgan fingerprint density at radius 3 is 3.11 bits per heavy atom. The molecule has 2 atom stereocenters. The number of hydrogen-bond donors (Lipinski definition) is 2. The summed E-state index contributed by atoms with van der Waals surface area (Å²) in [5, 5.41) is 5.88. The van der Waals surface area contributed by atoms with Crippen LogP contribution < -0.4 is 10.6 Å². The lowest BCUT2D eigenvalue weighted by Crippen LogP contribution is -2.39. The van der Waals surface area contributed by atoms with Crippen molar-refractivity contribution in [3.05, 3.63) is 42.2 Å². The normalized spacial score (nSPS) is 19.7. The van der Waals surface area contributed by atoms with Gasteiger partial charge in [0.15, 0.2) is 0 Å². The number of urea groups is 1. The number of hydrogen-bond acceptors (Lipinski definition) is 2. The molecule has 1 heterocycles. The van der Waals surface area contributed by atoms with Gasteiger partial charge in [0.2, 0.25) is 0 Å². The Morgan fingerprint density at radius 2 is 2.42 bits per heavy atom. The number of nitrogens with one attached hydrogen (secondary N) is 2.